The standard InChI is InChI=1S/C15H14F2N2O/c1-2-19(14-6-4-3-5-12(14)16)15(20)11-8-7-10(18)9-13(11)17/h3-9H,2,18H2,1H3. The first kappa shape index (κ1) is 14.0. The molecule has 2 aromatic carbocycles. The number of anilines is 2. The molecule has 2 rings (SSSR count). The fraction of sp³-hybridized carbons (Fsp3) is 0.133. The first-order valence-electron chi connectivity index (χ1n) is 6.16. The van der Waals surface area contributed by atoms with E-state index < -0.39 is 17.5 Å². The van der Waals surface area contributed by atoms with Crippen LogP contribution in [0.2, 0.25) is 0 Å². The number of carbonyl (C=O) groups excluding carboxylic acids is 1. The van der Waals surface area contributed by atoms with E-state index in [0.717, 1.165) is 6.07 Å². The minimum atomic E-state index is -0.718. The maximum atomic E-state index is 13.8. The second-order valence-electron chi connectivity index (χ2n) is 4.24. The van der Waals surface area contributed by atoms with Crippen LogP contribution in [0.1, 0.15) is 17.3 Å². The predicted octanol–water partition coefficient (Wildman–Crippen LogP) is 3.21. The molecule has 0 saturated heterocycles. The summed E-state index contributed by atoms with van der Waals surface area (Å²) in [5, 5.41) is 0. The second-order valence-corrected chi connectivity index (χ2v) is 4.24. The van der Waals surface area contributed by atoms with E-state index in [4.69, 9.17) is 5.73 Å². The summed E-state index contributed by atoms with van der Waals surface area (Å²) >= 11 is 0. The predicted molar refractivity (Wildman–Crippen MR) is 74.6 cm³/mol. The summed E-state index contributed by atoms with van der Waals surface area (Å²) in [5.74, 6) is -1.85. The van der Waals surface area contributed by atoms with E-state index in [1.165, 1.54) is 35.2 Å². The number of hydrogen-bond donors (Lipinski definition) is 1. The molecule has 0 bridgehead atoms. The molecule has 0 heterocycles. The van der Waals surface area contributed by atoms with E-state index in [9.17, 15) is 13.6 Å². The summed E-state index contributed by atoms with van der Waals surface area (Å²) in [4.78, 5) is 13.5. The van der Waals surface area contributed by atoms with Gasteiger partial charge in [0.2, 0.25) is 0 Å². The third-order valence-electron chi connectivity index (χ3n) is 2.93. The summed E-state index contributed by atoms with van der Waals surface area (Å²) < 4.78 is 27.6. The molecule has 0 aromatic heterocycles. The Bertz CT molecular complexity index is 644. The van der Waals surface area contributed by atoms with Crippen molar-refractivity contribution < 1.29 is 13.6 Å². The number of hydrogen-bond acceptors (Lipinski definition) is 2. The van der Waals surface area contributed by atoms with Gasteiger partial charge in [-0.1, -0.05) is 12.1 Å². The first-order chi connectivity index (χ1) is 9.54. The lowest BCUT2D eigenvalue weighted by Gasteiger charge is -2.21. The molecule has 0 aliphatic heterocycles. The van der Waals surface area contributed by atoms with Gasteiger partial charge in [-0.05, 0) is 37.3 Å². The maximum Gasteiger partial charge on any atom is 0.261 e. The normalized spacial score (nSPS) is 10.3. The lowest BCUT2D eigenvalue weighted by atomic mass is 10.1. The van der Waals surface area contributed by atoms with Crippen molar-refractivity contribution >= 4 is 17.3 Å². The quantitative estimate of drug-likeness (QED) is 0.875. The summed E-state index contributed by atoms with van der Waals surface area (Å²) in [6, 6.07) is 9.69. The molecule has 5 heteroatoms. The van der Waals surface area contributed by atoms with Crippen LogP contribution in [0, 0.1) is 11.6 Å². The highest BCUT2D eigenvalue weighted by Crippen LogP contribution is 2.22. The van der Waals surface area contributed by atoms with Crippen molar-refractivity contribution in [3.8, 4) is 0 Å². The molecule has 2 N–H and O–H groups in total. The van der Waals surface area contributed by atoms with Gasteiger partial charge < -0.3 is 10.6 Å². The monoisotopic (exact) mass is 276 g/mol. The fourth-order valence-corrected chi connectivity index (χ4v) is 1.94. The number of nitrogens with zero attached hydrogens (tertiary/aromatic N) is 1. The van der Waals surface area contributed by atoms with Crippen LogP contribution in [0.4, 0.5) is 20.2 Å². The van der Waals surface area contributed by atoms with E-state index in [2.05, 4.69) is 0 Å². The molecule has 0 saturated carbocycles. The molecule has 0 aliphatic carbocycles. The molecule has 1 amide bonds. The Morgan fingerprint density at radius 2 is 1.85 bits per heavy atom. The van der Waals surface area contributed by atoms with Crippen molar-refractivity contribution in [2.45, 2.75) is 6.92 Å². The van der Waals surface area contributed by atoms with Crippen LogP contribution < -0.4 is 10.6 Å². The van der Waals surface area contributed by atoms with Gasteiger partial charge >= 0.3 is 0 Å². The van der Waals surface area contributed by atoms with Gasteiger partial charge in [-0.25, -0.2) is 8.78 Å². The first-order valence-corrected chi connectivity index (χ1v) is 6.16. The SMILES string of the molecule is CCN(C(=O)c1ccc(N)cc1F)c1ccccc1F. The third kappa shape index (κ3) is 2.61. The van der Waals surface area contributed by atoms with Crippen LogP contribution >= 0.6 is 0 Å². The molecule has 2 aromatic rings. The number of benzene rings is 2. The zero-order valence-electron chi connectivity index (χ0n) is 10.9. The minimum absolute atomic E-state index is 0.122. The van der Waals surface area contributed by atoms with Crippen molar-refractivity contribution in [1.82, 2.24) is 0 Å². The summed E-state index contributed by atoms with van der Waals surface area (Å²) in [6.45, 7) is 1.92. The smallest absolute Gasteiger partial charge is 0.261 e. The Hall–Kier alpha value is -2.43. The maximum absolute atomic E-state index is 13.8. The van der Waals surface area contributed by atoms with E-state index in [-0.39, 0.29) is 23.5 Å². The summed E-state index contributed by atoms with van der Waals surface area (Å²) in [7, 11) is 0. The minimum Gasteiger partial charge on any atom is -0.399 e. The van der Waals surface area contributed by atoms with E-state index in [1.807, 2.05) is 0 Å². The topological polar surface area (TPSA) is 46.3 Å². The van der Waals surface area contributed by atoms with Crippen LogP contribution in [0.25, 0.3) is 0 Å². The highest BCUT2D eigenvalue weighted by molar-refractivity contribution is 6.06. The van der Waals surface area contributed by atoms with Gasteiger partial charge in [0.15, 0.2) is 0 Å². The number of rotatable bonds is 3. The number of amides is 1. The van der Waals surface area contributed by atoms with E-state index in [1.54, 1.807) is 13.0 Å². The molecule has 0 unspecified atom stereocenters. The van der Waals surface area contributed by atoms with Gasteiger partial charge in [-0.15, -0.1) is 0 Å². The van der Waals surface area contributed by atoms with E-state index >= 15 is 0 Å². The lowest BCUT2D eigenvalue weighted by Crippen LogP contribution is -2.32. The number of para-hydroxylation sites is 1. The van der Waals surface area contributed by atoms with Crippen molar-refractivity contribution in [2.75, 3.05) is 17.2 Å². The summed E-state index contributed by atoms with van der Waals surface area (Å²) in [6.07, 6.45) is 0. The van der Waals surface area contributed by atoms with Crippen LogP contribution in [-0.2, 0) is 0 Å². The third-order valence-corrected chi connectivity index (χ3v) is 2.93. The zero-order valence-corrected chi connectivity index (χ0v) is 10.9. The molecule has 0 atom stereocenters. The van der Waals surface area contributed by atoms with Crippen molar-refractivity contribution in [2.24, 2.45) is 0 Å². The number of halogens is 2. The molecular weight excluding hydrogens is 262 g/mol. The molecule has 20 heavy (non-hydrogen) atoms. The number of carbonyl (C=O) groups is 1. The molecular formula is C15H14F2N2O. The Balaban J connectivity index is 2.42. The van der Waals surface area contributed by atoms with Crippen LogP contribution in [0.15, 0.2) is 42.5 Å². The number of nitrogens with two attached hydrogens (primary N) is 1. The van der Waals surface area contributed by atoms with Crippen LogP contribution in [-0.4, -0.2) is 12.5 Å². The molecule has 0 radical (unpaired) electrons. The largest absolute Gasteiger partial charge is 0.399 e. The Labute approximate surface area is 115 Å². The van der Waals surface area contributed by atoms with Gasteiger partial charge in [-0.3, -0.25) is 4.79 Å². The average molecular weight is 276 g/mol. The van der Waals surface area contributed by atoms with Crippen molar-refractivity contribution in [3.05, 3.63) is 59.7 Å². The number of nitrogen functional groups attached to an aromatic ring is 1. The lowest BCUT2D eigenvalue weighted by molar-refractivity contribution is 0.0983. The molecule has 104 valence electrons. The molecule has 0 fully saturated rings. The van der Waals surface area contributed by atoms with E-state index in [0.29, 0.717) is 0 Å². The molecule has 3 nitrogen and oxygen atoms in total. The van der Waals surface area contributed by atoms with Crippen LogP contribution in [0.5, 0.6) is 0 Å². The Morgan fingerprint density at radius 3 is 2.45 bits per heavy atom. The zero-order chi connectivity index (χ0) is 14.7. The van der Waals surface area contributed by atoms with Gasteiger partial charge in [0.25, 0.3) is 5.91 Å². The Morgan fingerprint density at radius 1 is 1.15 bits per heavy atom. The fourth-order valence-electron chi connectivity index (χ4n) is 1.94. The van der Waals surface area contributed by atoms with Gasteiger partial charge in [0, 0.05) is 12.2 Å². The second kappa shape index (κ2) is 5.69. The molecule has 0 aliphatic rings. The van der Waals surface area contributed by atoms with Crippen LogP contribution in [0.3, 0.4) is 0 Å². The van der Waals surface area contributed by atoms with Gasteiger partial charge in [-0.2, -0.15) is 0 Å². The van der Waals surface area contributed by atoms with Crippen molar-refractivity contribution in [1.29, 1.82) is 0 Å². The van der Waals surface area contributed by atoms with Crippen molar-refractivity contribution in [3.63, 3.8) is 0 Å². The van der Waals surface area contributed by atoms with Gasteiger partial charge in [0.05, 0.1) is 11.3 Å². The Kier molecular flexibility index (Phi) is 3.98. The highest BCUT2D eigenvalue weighted by atomic mass is 19.1. The molecule has 0 spiro atoms. The van der Waals surface area contributed by atoms with Gasteiger partial charge in [0.1, 0.15) is 11.6 Å². The summed E-state index contributed by atoms with van der Waals surface area (Å²) in [5.41, 5.74) is 5.66. The highest BCUT2D eigenvalue weighted by Gasteiger charge is 2.21. The average Bonchev–Trinajstić information content (AvgIpc) is 2.41.